The Balaban J connectivity index is 1.87. The molecule has 1 heterocycles. The van der Waals surface area contributed by atoms with Crippen LogP contribution < -0.4 is 5.32 Å². The molecule has 4 nitrogen and oxygen atoms in total. The summed E-state index contributed by atoms with van der Waals surface area (Å²) in [6.07, 6.45) is 0.453. The molecule has 0 bridgehead atoms. The first-order valence-electron chi connectivity index (χ1n) is 6.80. The van der Waals surface area contributed by atoms with Crippen LogP contribution in [0.15, 0.2) is 36.4 Å². The Morgan fingerprint density at radius 1 is 1.32 bits per heavy atom. The molecule has 1 atom stereocenters. The molecule has 1 aromatic heterocycles. The van der Waals surface area contributed by atoms with Crippen molar-refractivity contribution in [3.63, 3.8) is 0 Å². The van der Waals surface area contributed by atoms with Crippen LogP contribution in [-0.2, 0) is 17.8 Å². The average Bonchev–Trinajstić information content (AvgIpc) is 2.93. The van der Waals surface area contributed by atoms with Crippen LogP contribution in [0.3, 0.4) is 0 Å². The van der Waals surface area contributed by atoms with Gasteiger partial charge in [0.25, 0.3) is 0 Å². The van der Waals surface area contributed by atoms with E-state index in [-0.39, 0.29) is 22.5 Å². The fraction of sp³-hybridized carbons (Fsp3) is 0.250. The second-order valence-electron chi connectivity index (χ2n) is 5.02. The van der Waals surface area contributed by atoms with Gasteiger partial charge in [0, 0.05) is 10.8 Å². The van der Waals surface area contributed by atoms with Crippen molar-refractivity contribution in [3.8, 4) is 0 Å². The van der Waals surface area contributed by atoms with Crippen LogP contribution >= 0.6 is 11.3 Å². The van der Waals surface area contributed by atoms with Gasteiger partial charge in [0.2, 0.25) is 5.91 Å². The highest BCUT2D eigenvalue weighted by atomic mass is 32.1. The number of thiophene rings is 1. The van der Waals surface area contributed by atoms with Gasteiger partial charge < -0.3 is 10.4 Å². The number of carbonyl (C=O) groups is 2. The van der Waals surface area contributed by atoms with Gasteiger partial charge >= 0.3 is 5.97 Å². The summed E-state index contributed by atoms with van der Waals surface area (Å²) in [4.78, 5) is 23.8. The molecule has 0 aliphatic rings. The van der Waals surface area contributed by atoms with Crippen molar-refractivity contribution in [2.45, 2.75) is 19.9 Å². The third-order valence-electron chi connectivity index (χ3n) is 3.19. The summed E-state index contributed by atoms with van der Waals surface area (Å²) in [5, 5.41) is 11.6. The van der Waals surface area contributed by atoms with Crippen molar-refractivity contribution in [2.75, 3.05) is 0 Å². The van der Waals surface area contributed by atoms with Crippen LogP contribution in [0.25, 0.3) is 0 Å². The van der Waals surface area contributed by atoms with E-state index < -0.39 is 5.97 Å². The Labute approximate surface area is 131 Å². The number of benzene rings is 1. The van der Waals surface area contributed by atoms with Crippen molar-refractivity contribution in [3.05, 3.63) is 57.5 Å². The molecule has 22 heavy (non-hydrogen) atoms. The Morgan fingerprint density at radius 2 is 2.09 bits per heavy atom. The van der Waals surface area contributed by atoms with E-state index in [4.69, 9.17) is 5.11 Å². The zero-order chi connectivity index (χ0) is 16.1. The topological polar surface area (TPSA) is 66.4 Å². The van der Waals surface area contributed by atoms with Crippen molar-refractivity contribution >= 4 is 23.2 Å². The number of hydrogen-bond donors (Lipinski definition) is 2. The minimum absolute atomic E-state index is 0.144. The molecule has 0 saturated heterocycles. The standard InChI is InChI=1S/C16H16FNO3S/c1-10(7-11-3-2-4-12(17)8-11)15(19)18-9-13-5-6-14(22-13)16(20)21/h2-6,8,10H,7,9H2,1H3,(H,18,19)(H,20,21). The van der Waals surface area contributed by atoms with Gasteiger partial charge in [0.15, 0.2) is 0 Å². The minimum atomic E-state index is -0.970. The maximum atomic E-state index is 13.1. The first-order valence-corrected chi connectivity index (χ1v) is 7.61. The zero-order valence-electron chi connectivity index (χ0n) is 12.0. The Kier molecular flexibility index (Phi) is 5.27. The van der Waals surface area contributed by atoms with Gasteiger partial charge in [-0.1, -0.05) is 19.1 Å². The quantitative estimate of drug-likeness (QED) is 0.859. The summed E-state index contributed by atoms with van der Waals surface area (Å²) in [5.41, 5.74) is 0.770. The van der Waals surface area contributed by atoms with E-state index in [1.54, 1.807) is 25.1 Å². The largest absolute Gasteiger partial charge is 0.477 e. The van der Waals surface area contributed by atoms with Crippen LogP contribution in [-0.4, -0.2) is 17.0 Å². The van der Waals surface area contributed by atoms with E-state index >= 15 is 0 Å². The Morgan fingerprint density at radius 3 is 2.73 bits per heavy atom. The fourth-order valence-electron chi connectivity index (χ4n) is 2.05. The van der Waals surface area contributed by atoms with Crippen LogP contribution in [0.2, 0.25) is 0 Å². The highest BCUT2D eigenvalue weighted by Gasteiger charge is 2.14. The number of aromatic carboxylic acids is 1. The second-order valence-corrected chi connectivity index (χ2v) is 6.19. The average molecular weight is 321 g/mol. The predicted molar refractivity (Wildman–Crippen MR) is 82.4 cm³/mol. The van der Waals surface area contributed by atoms with E-state index in [2.05, 4.69) is 5.32 Å². The van der Waals surface area contributed by atoms with Crippen LogP contribution in [0.5, 0.6) is 0 Å². The smallest absolute Gasteiger partial charge is 0.345 e. The predicted octanol–water partition coefficient (Wildman–Crippen LogP) is 3.08. The normalized spacial score (nSPS) is 11.9. The van der Waals surface area contributed by atoms with E-state index in [0.717, 1.165) is 21.8 Å². The second kappa shape index (κ2) is 7.17. The van der Waals surface area contributed by atoms with E-state index in [9.17, 15) is 14.0 Å². The summed E-state index contributed by atoms with van der Waals surface area (Å²) in [5.74, 6) is -1.72. The van der Waals surface area contributed by atoms with Gasteiger partial charge in [-0.3, -0.25) is 4.79 Å². The summed E-state index contributed by atoms with van der Waals surface area (Å²) in [7, 11) is 0. The molecule has 0 spiro atoms. The summed E-state index contributed by atoms with van der Waals surface area (Å²) >= 11 is 1.14. The number of rotatable bonds is 6. The number of amides is 1. The molecular formula is C16H16FNO3S. The fourth-order valence-corrected chi connectivity index (χ4v) is 2.83. The monoisotopic (exact) mass is 321 g/mol. The zero-order valence-corrected chi connectivity index (χ0v) is 12.8. The van der Waals surface area contributed by atoms with Gasteiger partial charge in [-0.25, -0.2) is 9.18 Å². The molecule has 0 aliphatic carbocycles. The minimum Gasteiger partial charge on any atom is -0.477 e. The lowest BCUT2D eigenvalue weighted by Gasteiger charge is -2.11. The molecule has 2 N–H and O–H groups in total. The summed E-state index contributed by atoms with van der Waals surface area (Å²) in [6.45, 7) is 2.07. The van der Waals surface area contributed by atoms with E-state index in [1.165, 1.54) is 18.2 Å². The number of nitrogens with one attached hydrogen (secondary N) is 1. The molecule has 116 valence electrons. The third kappa shape index (κ3) is 4.39. The molecule has 0 saturated carbocycles. The molecule has 0 aliphatic heterocycles. The van der Waals surface area contributed by atoms with E-state index in [1.807, 2.05) is 0 Å². The van der Waals surface area contributed by atoms with Crippen LogP contribution in [0.1, 0.15) is 27.0 Å². The van der Waals surface area contributed by atoms with Gasteiger partial charge in [0.05, 0.1) is 6.54 Å². The molecule has 2 rings (SSSR count). The highest BCUT2D eigenvalue weighted by Crippen LogP contribution is 2.16. The van der Waals surface area contributed by atoms with Crippen LogP contribution in [0, 0.1) is 11.7 Å². The first-order chi connectivity index (χ1) is 10.5. The maximum absolute atomic E-state index is 13.1. The molecule has 1 amide bonds. The summed E-state index contributed by atoms with van der Waals surface area (Å²) < 4.78 is 13.1. The van der Waals surface area contributed by atoms with Crippen molar-refractivity contribution in [1.29, 1.82) is 0 Å². The molecule has 1 unspecified atom stereocenters. The number of hydrogen-bond acceptors (Lipinski definition) is 3. The molecule has 6 heteroatoms. The Bertz CT molecular complexity index is 684. The van der Waals surface area contributed by atoms with Crippen molar-refractivity contribution in [1.82, 2.24) is 5.32 Å². The van der Waals surface area contributed by atoms with Gasteiger partial charge in [-0.05, 0) is 36.2 Å². The van der Waals surface area contributed by atoms with Crippen molar-refractivity contribution in [2.24, 2.45) is 5.92 Å². The number of carboxylic acid groups (broad SMARTS) is 1. The molecule has 2 aromatic rings. The van der Waals surface area contributed by atoms with Crippen LogP contribution in [0.4, 0.5) is 4.39 Å². The number of carbonyl (C=O) groups excluding carboxylic acids is 1. The van der Waals surface area contributed by atoms with Gasteiger partial charge in [-0.2, -0.15) is 0 Å². The maximum Gasteiger partial charge on any atom is 0.345 e. The van der Waals surface area contributed by atoms with Crippen molar-refractivity contribution < 1.29 is 19.1 Å². The highest BCUT2D eigenvalue weighted by molar-refractivity contribution is 7.13. The number of carboxylic acids is 1. The first kappa shape index (κ1) is 16.2. The SMILES string of the molecule is CC(Cc1cccc(F)c1)C(=O)NCc1ccc(C(=O)O)s1. The number of halogens is 1. The molecule has 1 aromatic carbocycles. The molecular weight excluding hydrogens is 305 g/mol. The lowest BCUT2D eigenvalue weighted by Crippen LogP contribution is -2.29. The van der Waals surface area contributed by atoms with Gasteiger partial charge in [0.1, 0.15) is 10.7 Å². The molecule has 0 radical (unpaired) electrons. The van der Waals surface area contributed by atoms with E-state index in [0.29, 0.717) is 13.0 Å². The lowest BCUT2D eigenvalue weighted by molar-refractivity contribution is -0.124. The Hall–Kier alpha value is -2.21. The molecule has 0 fully saturated rings. The lowest BCUT2D eigenvalue weighted by atomic mass is 10.0. The summed E-state index contributed by atoms with van der Waals surface area (Å²) in [6, 6.07) is 9.39. The van der Waals surface area contributed by atoms with Gasteiger partial charge in [-0.15, -0.1) is 11.3 Å². The third-order valence-corrected chi connectivity index (χ3v) is 4.26.